The summed E-state index contributed by atoms with van der Waals surface area (Å²) in [5.41, 5.74) is -0.0310. The summed E-state index contributed by atoms with van der Waals surface area (Å²) < 4.78 is 58.9. The number of carbonyl (C=O) groups is 1. The van der Waals surface area contributed by atoms with Gasteiger partial charge in [0.05, 0.1) is 37.3 Å². The molecule has 0 aromatic carbocycles. The minimum Gasteiger partial charge on any atom is -0.377 e. The van der Waals surface area contributed by atoms with Gasteiger partial charge in [-0.15, -0.1) is 0 Å². The van der Waals surface area contributed by atoms with E-state index in [9.17, 15) is 22.4 Å². The highest BCUT2D eigenvalue weighted by molar-refractivity contribution is 7.17. The molecule has 5 rings (SSSR count). The third kappa shape index (κ3) is 6.58. The Hall–Kier alpha value is -2.31. The van der Waals surface area contributed by atoms with Crippen molar-refractivity contribution in [3.63, 3.8) is 0 Å². The molecule has 7 nitrogen and oxygen atoms in total. The van der Waals surface area contributed by atoms with Crippen LogP contribution in [0.1, 0.15) is 53.9 Å². The molecule has 0 bridgehead atoms. The Labute approximate surface area is 217 Å². The van der Waals surface area contributed by atoms with E-state index in [0.29, 0.717) is 17.5 Å². The number of thiazole rings is 1. The first kappa shape index (κ1) is 26.3. The van der Waals surface area contributed by atoms with Crippen LogP contribution in [0.15, 0.2) is 18.5 Å². The van der Waals surface area contributed by atoms with E-state index in [4.69, 9.17) is 4.74 Å². The summed E-state index contributed by atoms with van der Waals surface area (Å²) in [6, 6.07) is 1.18. The minimum atomic E-state index is -2.50. The first-order valence-electron chi connectivity index (χ1n) is 12.8. The van der Waals surface area contributed by atoms with Crippen molar-refractivity contribution in [2.24, 2.45) is 5.92 Å². The monoisotopic (exact) mass is 541 g/mol. The molecule has 1 saturated carbocycles. The van der Waals surface area contributed by atoms with Gasteiger partial charge in [0, 0.05) is 44.6 Å². The van der Waals surface area contributed by atoms with Crippen LogP contribution in [0, 0.1) is 17.6 Å². The standard InChI is InChI=1S/C25H31F4N5O2S/c26-17-8-20(27)21(30-11-17)12-31-23(35)22-13-32-24(37-22)33-6-3-18(4-7-33)34-5-1-2-19(14-34)36-15-16-9-25(28,29)10-16/h8,11,13,16,18-19H,1-7,9-10,12,14-15H2,(H,31,35)/t19-/m1/s1. The number of hydrogen-bond acceptors (Lipinski definition) is 7. The van der Waals surface area contributed by atoms with Gasteiger partial charge in [-0.1, -0.05) is 11.3 Å². The molecule has 3 aliphatic rings. The highest BCUT2D eigenvalue weighted by Gasteiger charge is 2.45. The van der Waals surface area contributed by atoms with Crippen LogP contribution in [0.25, 0.3) is 0 Å². The molecule has 2 saturated heterocycles. The van der Waals surface area contributed by atoms with E-state index in [2.05, 4.69) is 25.1 Å². The van der Waals surface area contributed by atoms with Crippen molar-refractivity contribution in [1.29, 1.82) is 0 Å². The van der Waals surface area contributed by atoms with Crippen LogP contribution < -0.4 is 10.2 Å². The highest BCUT2D eigenvalue weighted by Crippen LogP contribution is 2.42. The van der Waals surface area contributed by atoms with Crippen molar-refractivity contribution in [1.82, 2.24) is 20.2 Å². The second kappa shape index (κ2) is 11.2. The lowest BCUT2D eigenvalue weighted by Gasteiger charge is -2.43. The van der Waals surface area contributed by atoms with Gasteiger partial charge in [0.15, 0.2) is 5.13 Å². The largest absolute Gasteiger partial charge is 0.377 e. The van der Waals surface area contributed by atoms with Crippen molar-refractivity contribution in [2.45, 2.75) is 63.1 Å². The number of ether oxygens (including phenoxy) is 1. The molecule has 1 N–H and O–H groups in total. The van der Waals surface area contributed by atoms with Crippen LogP contribution in [0.5, 0.6) is 0 Å². The van der Waals surface area contributed by atoms with Gasteiger partial charge in [-0.2, -0.15) is 0 Å². The number of aromatic nitrogens is 2. The lowest BCUT2D eigenvalue weighted by atomic mass is 9.82. The summed E-state index contributed by atoms with van der Waals surface area (Å²) in [6.45, 7) is 3.81. The predicted octanol–water partition coefficient (Wildman–Crippen LogP) is 4.24. The molecule has 0 radical (unpaired) electrons. The minimum absolute atomic E-state index is 0.0142. The summed E-state index contributed by atoms with van der Waals surface area (Å²) >= 11 is 1.28. The summed E-state index contributed by atoms with van der Waals surface area (Å²) in [5, 5.41) is 3.38. The van der Waals surface area contributed by atoms with Gasteiger partial charge in [0.2, 0.25) is 5.92 Å². The van der Waals surface area contributed by atoms with E-state index in [-0.39, 0.29) is 43.0 Å². The second-order valence-electron chi connectivity index (χ2n) is 10.2. The van der Waals surface area contributed by atoms with Crippen molar-refractivity contribution < 1.29 is 27.1 Å². The molecule has 0 unspecified atom stereocenters. The average Bonchev–Trinajstić information content (AvgIpc) is 3.36. The molecule has 2 aromatic rings. The Morgan fingerprint density at radius 1 is 1.14 bits per heavy atom. The SMILES string of the molecule is O=C(NCc1ncc(F)cc1F)c1cnc(N2CCC(N3CCC[C@@H](OCC4CC(F)(F)C4)C3)CC2)s1. The van der Waals surface area contributed by atoms with Gasteiger partial charge in [0.1, 0.15) is 16.5 Å². The molecular formula is C25H31F4N5O2S. The Morgan fingerprint density at radius 3 is 2.65 bits per heavy atom. The van der Waals surface area contributed by atoms with E-state index >= 15 is 0 Å². The Kier molecular flexibility index (Phi) is 7.96. The van der Waals surface area contributed by atoms with Gasteiger partial charge in [-0.25, -0.2) is 22.5 Å². The van der Waals surface area contributed by atoms with E-state index in [0.717, 1.165) is 69.3 Å². The molecule has 1 aliphatic carbocycles. The first-order chi connectivity index (χ1) is 17.8. The predicted molar refractivity (Wildman–Crippen MR) is 131 cm³/mol. The summed E-state index contributed by atoms with van der Waals surface area (Å²) in [4.78, 5) is 25.7. The zero-order chi connectivity index (χ0) is 26.0. The van der Waals surface area contributed by atoms with Crippen LogP contribution in [0.3, 0.4) is 0 Å². The number of alkyl halides is 2. The van der Waals surface area contributed by atoms with Crippen molar-refractivity contribution in [2.75, 3.05) is 37.7 Å². The maximum Gasteiger partial charge on any atom is 0.263 e. The number of nitrogens with one attached hydrogen (secondary N) is 1. The molecule has 2 aliphatic heterocycles. The smallest absolute Gasteiger partial charge is 0.263 e. The van der Waals surface area contributed by atoms with Crippen LogP contribution >= 0.6 is 11.3 Å². The van der Waals surface area contributed by atoms with Crippen LogP contribution in [-0.4, -0.2) is 71.6 Å². The molecule has 3 fully saturated rings. The third-order valence-corrected chi connectivity index (χ3v) is 8.48. The normalized spacial score (nSPS) is 23.1. The number of likely N-dealkylation sites (tertiary alicyclic amines) is 1. The fourth-order valence-electron chi connectivity index (χ4n) is 5.37. The van der Waals surface area contributed by atoms with Gasteiger partial charge < -0.3 is 15.0 Å². The number of amides is 1. The quantitative estimate of drug-likeness (QED) is 0.505. The first-order valence-corrected chi connectivity index (χ1v) is 13.6. The molecule has 4 heterocycles. The van der Waals surface area contributed by atoms with Crippen molar-refractivity contribution in [3.8, 4) is 0 Å². The molecule has 1 amide bonds. The van der Waals surface area contributed by atoms with E-state index in [1.54, 1.807) is 0 Å². The molecule has 37 heavy (non-hydrogen) atoms. The Morgan fingerprint density at radius 2 is 1.92 bits per heavy atom. The van der Waals surface area contributed by atoms with Gasteiger partial charge in [-0.3, -0.25) is 14.7 Å². The summed E-state index contributed by atoms with van der Waals surface area (Å²) in [7, 11) is 0. The number of carbonyl (C=O) groups excluding carboxylic acids is 1. The maximum atomic E-state index is 13.7. The highest BCUT2D eigenvalue weighted by atomic mass is 32.1. The fraction of sp³-hybridized carbons (Fsp3) is 0.640. The number of anilines is 1. The average molecular weight is 542 g/mol. The second-order valence-corrected chi connectivity index (χ2v) is 11.2. The number of pyridine rings is 1. The van der Waals surface area contributed by atoms with Gasteiger partial charge in [-0.05, 0) is 38.1 Å². The summed E-state index contributed by atoms with van der Waals surface area (Å²) in [6.07, 6.45) is 6.41. The zero-order valence-electron chi connectivity index (χ0n) is 20.5. The topological polar surface area (TPSA) is 70.6 Å². The van der Waals surface area contributed by atoms with Crippen molar-refractivity contribution in [3.05, 3.63) is 40.7 Å². The molecule has 1 atom stereocenters. The zero-order valence-corrected chi connectivity index (χ0v) is 21.3. The summed E-state index contributed by atoms with van der Waals surface area (Å²) in [5.74, 6) is -4.46. The molecule has 12 heteroatoms. The number of piperidine rings is 2. The maximum absolute atomic E-state index is 13.7. The molecule has 2 aromatic heterocycles. The van der Waals surface area contributed by atoms with Gasteiger partial charge in [0.25, 0.3) is 5.91 Å². The number of halogens is 4. The number of rotatable bonds is 8. The lowest BCUT2D eigenvalue weighted by molar-refractivity contribution is -0.139. The fourth-order valence-corrected chi connectivity index (χ4v) is 6.26. The third-order valence-electron chi connectivity index (χ3n) is 7.42. The lowest BCUT2D eigenvalue weighted by Crippen LogP contribution is -2.50. The van der Waals surface area contributed by atoms with E-state index in [1.807, 2.05) is 0 Å². The Bertz CT molecular complexity index is 1090. The van der Waals surface area contributed by atoms with Gasteiger partial charge >= 0.3 is 0 Å². The van der Waals surface area contributed by atoms with E-state index in [1.165, 1.54) is 17.5 Å². The van der Waals surface area contributed by atoms with Crippen LogP contribution in [0.4, 0.5) is 22.7 Å². The Balaban J connectivity index is 1.06. The van der Waals surface area contributed by atoms with E-state index < -0.39 is 17.6 Å². The number of hydrogen-bond donors (Lipinski definition) is 1. The number of nitrogens with zero attached hydrogens (tertiary/aromatic N) is 4. The molecule has 202 valence electrons. The molecule has 0 spiro atoms. The van der Waals surface area contributed by atoms with Crippen molar-refractivity contribution >= 4 is 22.4 Å². The van der Waals surface area contributed by atoms with Crippen LogP contribution in [-0.2, 0) is 11.3 Å². The molecular weight excluding hydrogens is 510 g/mol. The van der Waals surface area contributed by atoms with Crippen LogP contribution in [0.2, 0.25) is 0 Å².